The third-order valence-electron chi connectivity index (χ3n) is 3.32. The smallest absolute Gasteiger partial charge is 0.110 e. The molecular formula is C13H21ClN2O2S. The molecule has 6 heteroatoms. The maximum Gasteiger partial charge on any atom is 0.110 e. The highest BCUT2D eigenvalue weighted by atomic mass is 35.5. The molecule has 2 rings (SSSR count). The SMILES string of the molecule is CC(c1nc(CCl)cs1)N1CC(CO)OC(C)(C)C1. The number of nitrogens with zero attached hydrogens (tertiary/aromatic N) is 2. The Balaban J connectivity index is 2.11. The van der Waals surface area contributed by atoms with Gasteiger partial charge in [0.25, 0.3) is 0 Å². The van der Waals surface area contributed by atoms with Crippen LogP contribution in [0.4, 0.5) is 0 Å². The molecule has 0 spiro atoms. The van der Waals surface area contributed by atoms with Gasteiger partial charge in [0.2, 0.25) is 0 Å². The molecule has 0 saturated carbocycles. The Bertz CT molecular complexity index is 425. The maximum atomic E-state index is 9.35. The molecule has 1 fully saturated rings. The van der Waals surface area contributed by atoms with E-state index in [1.165, 1.54) is 0 Å². The van der Waals surface area contributed by atoms with E-state index in [1.54, 1.807) is 11.3 Å². The van der Waals surface area contributed by atoms with Gasteiger partial charge in [-0.25, -0.2) is 4.98 Å². The van der Waals surface area contributed by atoms with Gasteiger partial charge in [0, 0.05) is 18.5 Å². The van der Waals surface area contributed by atoms with Crippen LogP contribution in [0, 0.1) is 0 Å². The van der Waals surface area contributed by atoms with Crippen LogP contribution in [-0.2, 0) is 10.6 Å². The first-order valence-corrected chi connectivity index (χ1v) is 7.89. The lowest BCUT2D eigenvalue weighted by Gasteiger charge is -2.44. The molecule has 0 aromatic carbocycles. The minimum Gasteiger partial charge on any atom is -0.394 e. The summed E-state index contributed by atoms with van der Waals surface area (Å²) in [4.78, 5) is 6.86. The largest absolute Gasteiger partial charge is 0.394 e. The molecule has 1 saturated heterocycles. The van der Waals surface area contributed by atoms with Crippen LogP contribution in [0.2, 0.25) is 0 Å². The van der Waals surface area contributed by atoms with E-state index in [4.69, 9.17) is 16.3 Å². The van der Waals surface area contributed by atoms with Gasteiger partial charge in [-0.1, -0.05) is 0 Å². The van der Waals surface area contributed by atoms with Crippen molar-refractivity contribution < 1.29 is 9.84 Å². The molecule has 4 nitrogen and oxygen atoms in total. The van der Waals surface area contributed by atoms with Crippen LogP contribution < -0.4 is 0 Å². The van der Waals surface area contributed by atoms with Crippen LogP contribution in [0.25, 0.3) is 0 Å². The fraction of sp³-hybridized carbons (Fsp3) is 0.769. The Morgan fingerprint density at radius 2 is 2.42 bits per heavy atom. The average Bonchev–Trinajstić information content (AvgIpc) is 2.84. The molecule has 1 aliphatic rings. The second kappa shape index (κ2) is 6.06. The minimum absolute atomic E-state index is 0.0530. The number of ether oxygens (including phenoxy) is 1. The van der Waals surface area contributed by atoms with Crippen LogP contribution >= 0.6 is 22.9 Å². The van der Waals surface area contributed by atoms with Crippen LogP contribution in [0.1, 0.15) is 37.5 Å². The molecule has 0 bridgehead atoms. The van der Waals surface area contributed by atoms with Gasteiger partial charge in [-0.3, -0.25) is 4.90 Å². The zero-order valence-electron chi connectivity index (χ0n) is 11.6. The summed E-state index contributed by atoms with van der Waals surface area (Å²) in [5.74, 6) is 0.455. The van der Waals surface area contributed by atoms with E-state index in [0.717, 1.165) is 23.8 Å². The van der Waals surface area contributed by atoms with Crippen LogP contribution in [0.15, 0.2) is 5.38 Å². The van der Waals surface area contributed by atoms with E-state index in [2.05, 4.69) is 30.7 Å². The zero-order valence-corrected chi connectivity index (χ0v) is 13.2. The molecule has 0 amide bonds. The van der Waals surface area contributed by atoms with Crippen molar-refractivity contribution in [1.82, 2.24) is 9.88 Å². The number of rotatable bonds is 4. The van der Waals surface area contributed by atoms with E-state index in [-0.39, 0.29) is 24.4 Å². The number of aliphatic hydroxyl groups excluding tert-OH is 1. The molecule has 1 aliphatic heterocycles. The van der Waals surface area contributed by atoms with Crippen molar-refractivity contribution in [3.05, 3.63) is 16.1 Å². The third-order valence-corrected chi connectivity index (χ3v) is 4.66. The number of aromatic nitrogens is 1. The molecular weight excluding hydrogens is 284 g/mol. The Labute approximate surface area is 123 Å². The fourth-order valence-electron chi connectivity index (χ4n) is 2.46. The molecule has 19 heavy (non-hydrogen) atoms. The van der Waals surface area contributed by atoms with Crippen LogP contribution in [0.3, 0.4) is 0 Å². The molecule has 1 aromatic heterocycles. The summed E-state index contributed by atoms with van der Waals surface area (Å²) in [7, 11) is 0. The summed E-state index contributed by atoms with van der Waals surface area (Å²) in [6.45, 7) is 7.88. The van der Waals surface area contributed by atoms with E-state index < -0.39 is 0 Å². The molecule has 0 aliphatic carbocycles. The normalized spacial score (nSPS) is 25.4. The van der Waals surface area contributed by atoms with Gasteiger partial charge in [0.05, 0.1) is 35.9 Å². The quantitative estimate of drug-likeness (QED) is 0.868. The minimum atomic E-state index is -0.244. The predicted octanol–water partition coefficient (Wildman–Crippen LogP) is 2.41. The molecule has 2 atom stereocenters. The molecule has 1 aromatic rings. The number of hydrogen-bond donors (Lipinski definition) is 1. The summed E-state index contributed by atoms with van der Waals surface area (Å²) >= 11 is 7.44. The Kier molecular flexibility index (Phi) is 4.84. The summed E-state index contributed by atoms with van der Waals surface area (Å²) in [5, 5.41) is 12.4. The summed E-state index contributed by atoms with van der Waals surface area (Å²) < 4.78 is 5.84. The Morgan fingerprint density at radius 1 is 1.68 bits per heavy atom. The van der Waals surface area contributed by atoms with Crippen molar-refractivity contribution in [3.8, 4) is 0 Å². The van der Waals surface area contributed by atoms with E-state index >= 15 is 0 Å². The highest BCUT2D eigenvalue weighted by Gasteiger charge is 2.35. The second-order valence-corrected chi connectivity index (χ2v) is 6.76. The fourth-order valence-corrected chi connectivity index (χ4v) is 3.60. The van der Waals surface area contributed by atoms with Gasteiger partial charge in [0.1, 0.15) is 5.01 Å². The Morgan fingerprint density at radius 3 is 3.00 bits per heavy atom. The first-order valence-electron chi connectivity index (χ1n) is 6.48. The van der Waals surface area contributed by atoms with Gasteiger partial charge < -0.3 is 9.84 Å². The maximum absolute atomic E-state index is 9.35. The van der Waals surface area contributed by atoms with Gasteiger partial charge in [-0.2, -0.15) is 0 Å². The third kappa shape index (κ3) is 3.67. The predicted molar refractivity (Wildman–Crippen MR) is 77.7 cm³/mol. The van der Waals surface area contributed by atoms with Crippen molar-refractivity contribution in [3.63, 3.8) is 0 Å². The van der Waals surface area contributed by atoms with Crippen molar-refractivity contribution >= 4 is 22.9 Å². The van der Waals surface area contributed by atoms with Crippen LogP contribution in [-0.4, -0.2) is 46.4 Å². The molecule has 1 N–H and O–H groups in total. The van der Waals surface area contributed by atoms with Gasteiger partial charge in [-0.15, -0.1) is 22.9 Å². The molecule has 2 heterocycles. The van der Waals surface area contributed by atoms with Gasteiger partial charge in [-0.05, 0) is 20.8 Å². The lowest BCUT2D eigenvalue weighted by Crippen LogP contribution is -2.54. The van der Waals surface area contributed by atoms with Crippen molar-refractivity contribution in [2.24, 2.45) is 0 Å². The standard InChI is InChI=1S/C13H21ClN2O2S/c1-9(12-15-10(4-14)7-19-12)16-5-11(6-17)18-13(2,3)8-16/h7,9,11,17H,4-6,8H2,1-3H3. The zero-order chi connectivity index (χ0) is 14.0. The van der Waals surface area contributed by atoms with E-state index in [9.17, 15) is 5.11 Å². The van der Waals surface area contributed by atoms with Crippen LogP contribution in [0.5, 0.6) is 0 Å². The van der Waals surface area contributed by atoms with Gasteiger partial charge in [0.15, 0.2) is 0 Å². The molecule has 0 radical (unpaired) electrons. The Hall–Kier alpha value is -0.200. The first kappa shape index (κ1) is 15.2. The first-order chi connectivity index (χ1) is 8.95. The van der Waals surface area contributed by atoms with E-state index in [0.29, 0.717) is 5.88 Å². The monoisotopic (exact) mass is 304 g/mol. The van der Waals surface area contributed by atoms with Crippen molar-refractivity contribution in [1.29, 1.82) is 0 Å². The number of aliphatic hydroxyl groups is 1. The number of thiazole rings is 1. The lowest BCUT2D eigenvalue weighted by atomic mass is 10.0. The number of morpholine rings is 1. The number of alkyl halides is 1. The second-order valence-electron chi connectivity index (χ2n) is 5.60. The average molecular weight is 305 g/mol. The number of halogens is 1. The van der Waals surface area contributed by atoms with Crippen molar-refractivity contribution in [2.75, 3.05) is 19.7 Å². The summed E-state index contributed by atoms with van der Waals surface area (Å²) in [6, 6.07) is 0.221. The van der Waals surface area contributed by atoms with Crippen molar-refractivity contribution in [2.45, 2.75) is 44.4 Å². The van der Waals surface area contributed by atoms with E-state index in [1.807, 2.05) is 5.38 Å². The number of hydrogen-bond acceptors (Lipinski definition) is 5. The summed E-state index contributed by atoms with van der Waals surface area (Å²) in [5.41, 5.74) is 0.687. The molecule has 2 unspecified atom stereocenters. The topological polar surface area (TPSA) is 45.6 Å². The lowest BCUT2D eigenvalue weighted by molar-refractivity contribution is -0.156. The summed E-state index contributed by atoms with van der Waals surface area (Å²) in [6.07, 6.45) is -0.126. The highest BCUT2D eigenvalue weighted by Crippen LogP contribution is 2.30. The molecule has 108 valence electrons. The highest BCUT2D eigenvalue weighted by molar-refractivity contribution is 7.09. The van der Waals surface area contributed by atoms with Gasteiger partial charge >= 0.3 is 0 Å².